The van der Waals surface area contributed by atoms with E-state index in [0.717, 1.165) is 18.9 Å². The molecular weight excluding hydrogens is 583 g/mol. The fourth-order valence-electron chi connectivity index (χ4n) is 6.77. The average molecular weight is 621 g/mol. The van der Waals surface area contributed by atoms with Gasteiger partial charge in [-0.1, -0.05) is 62.2 Å². The van der Waals surface area contributed by atoms with Gasteiger partial charge in [-0.25, -0.2) is 13.6 Å². The number of nitrogens with zero attached hydrogens (tertiary/aromatic N) is 2. The van der Waals surface area contributed by atoms with Crippen molar-refractivity contribution in [2.75, 3.05) is 20.2 Å². The lowest BCUT2D eigenvalue weighted by atomic mass is 9.63. The van der Waals surface area contributed by atoms with Crippen LogP contribution in [-0.2, 0) is 14.9 Å². The predicted octanol–water partition coefficient (Wildman–Crippen LogP) is 7.83. The van der Waals surface area contributed by atoms with E-state index in [1.165, 1.54) is 36.3 Å². The molecular formula is C32H37Cl2F2N3O3. The number of urea groups is 1. The van der Waals surface area contributed by atoms with E-state index in [2.05, 4.69) is 11.4 Å². The third-order valence-electron chi connectivity index (χ3n) is 8.68. The Morgan fingerprint density at radius 2 is 1.83 bits per heavy atom. The molecule has 0 spiro atoms. The molecule has 0 radical (unpaired) electrons. The van der Waals surface area contributed by atoms with Crippen molar-refractivity contribution in [2.24, 2.45) is 23.2 Å². The summed E-state index contributed by atoms with van der Waals surface area (Å²) in [5.41, 5.74) is -1.82. The molecule has 2 aliphatic rings. The van der Waals surface area contributed by atoms with Gasteiger partial charge < -0.3 is 15.0 Å². The molecule has 42 heavy (non-hydrogen) atoms. The van der Waals surface area contributed by atoms with Crippen LogP contribution in [-0.4, -0.2) is 37.1 Å². The number of carbonyl (C=O) groups excluding carboxylic acids is 2. The number of ether oxygens (including phenoxy) is 1. The van der Waals surface area contributed by atoms with Gasteiger partial charge in [-0.05, 0) is 61.6 Å². The van der Waals surface area contributed by atoms with Gasteiger partial charge in [0.05, 0.1) is 30.2 Å². The molecule has 2 amide bonds. The lowest BCUT2D eigenvalue weighted by molar-refractivity contribution is -0.146. The van der Waals surface area contributed by atoms with Crippen molar-refractivity contribution in [3.8, 4) is 6.07 Å². The molecule has 6 nitrogen and oxygen atoms in total. The number of nitrogens with one attached hydrogen (secondary N) is 1. The standard InChI is InChI=1S/C32H37Cl2F2N3O3/c1-31(2,3)15-21-17-39(30(41)38-16-19-8-10-20(11-9-19)29(40)42-4)28(23-6-5-7-25(34)27(23)36)32(21,18-37)24-13-12-22(33)14-26(24)35/h5-7,12-14,19-21,28H,8-11,15-17H2,1-4H3,(H,38,41)/t19-,20-,21-,28-,32-/m1/s1. The molecule has 0 aromatic heterocycles. The molecule has 1 saturated heterocycles. The van der Waals surface area contributed by atoms with E-state index in [9.17, 15) is 14.9 Å². The normalized spacial score (nSPS) is 26.0. The lowest BCUT2D eigenvalue weighted by Gasteiger charge is -2.38. The van der Waals surface area contributed by atoms with E-state index in [4.69, 9.17) is 27.9 Å². The van der Waals surface area contributed by atoms with E-state index in [1.54, 1.807) is 6.07 Å². The van der Waals surface area contributed by atoms with Crippen molar-refractivity contribution >= 4 is 35.2 Å². The third kappa shape index (κ3) is 6.38. The topological polar surface area (TPSA) is 82.4 Å². The first-order chi connectivity index (χ1) is 19.8. The fourth-order valence-corrected chi connectivity index (χ4v) is 7.11. The van der Waals surface area contributed by atoms with E-state index in [-0.39, 0.29) is 50.9 Å². The van der Waals surface area contributed by atoms with Crippen molar-refractivity contribution < 1.29 is 23.1 Å². The molecule has 1 aliphatic carbocycles. The number of halogens is 4. The maximum Gasteiger partial charge on any atom is 0.318 e. The van der Waals surface area contributed by atoms with Crippen LogP contribution >= 0.6 is 23.2 Å². The largest absolute Gasteiger partial charge is 0.469 e. The summed E-state index contributed by atoms with van der Waals surface area (Å²) < 4.78 is 36.4. The number of likely N-dealkylation sites (tertiary alicyclic amines) is 1. The molecule has 1 N–H and O–H groups in total. The fraction of sp³-hybridized carbons (Fsp3) is 0.531. The first-order valence-corrected chi connectivity index (χ1v) is 15.0. The maximum atomic E-state index is 15.8. The van der Waals surface area contributed by atoms with Gasteiger partial charge in [0.1, 0.15) is 17.0 Å². The van der Waals surface area contributed by atoms with Gasteiger partial charge in [-0.3, -0.25) is 4.79 Å². The lowest BCUT2D eigenvalue weighted by Crippen LogP contribution is -2.45. The van der Waals surface area contributed by atoms with E-state index in [0.29, 0.717) is 25.8 Å². The highest BCUT2D eigenvalue weighted by Crippen LogP contribution is 2.56. The summed E-state index contributed by atoms with van der Waals surface area (Å²) in [6, 6.07) is 9.31. The molecule has 2 aromatic carbocycles. The second-order valence-corrected chi connectivity index (χ2v) is 13.5. The van der Waals surface area contributed by atoms with Crippen LogP contribution in [0.3, 0.4) is 0 Å². The van der Waals surface area contributed by atoms with Gasteiger partial charge in [-0.2, -0.15) is 5.26 Å². The number of amides is 2. The number of methoxy groups -OCH3 is 1. The van der Waals surface area contributed by atoms with Crippen LogP contribution in [0.2, 0.25) is 10.0 Å². The minimum absolute atomic E-state index is 0.0449. The van der Waals surface area contributed by atoms with Gasteiger partial charge in [0.2, 0.25) is 0 Å². The Balaban J connectivity index is 1.75. The molecule has 4 rings (SSSR count). The highest BCUT2D eigenvalue weighted by atomic mass is 35.5. The molecule has 0 bridgehead atoms. The van der Waals surface area contributed by atoms with Crippen LogP contribution in [0, 0.1) is 46.1 Å². The summed E-state index contributed by atoms with van der Waals surface area (Å²) in [6.45, 7) is 6.48. The molecule has 0 unspecified atom stereocenters. The van der Waals surface area contributed by atoms with Gasteiger partial charge in [0, 0.05) is 35.2 Å². The first kappa shape index (κ1) is 32.0. The van der Waals surface area contributed by atoms with Crippen molar-refractivity contribution in [1.82, 2.24) is 10.2 Å². The zero-order valence-electron chi connectivity index (χ0n) is 24.4. The van der Waals surface area contributed by atoms with Crippen LogP contribution in [0.1, 0.15) is 70.0 Å². The Bertz CT molecular complexity index is 1370. The summed E-state index contributed by atoms with van der Waals surface area (Å²) >= 11 is 12.3. The smallest absolute Gasteiger partial charge is 0.318 e. The Hall–Kier alpha value is -2.89. The number of hydrogen-bond acceptors (Lipinski definition) is 4. The van der Waals surface area contributed by atoms with Gasteiger partial charge in [-0.15, -0.1) is 0 Å². The summed E-state index contributed by atoms with van der Waals surface area (Å²) in [5.74, 6) is -2.19. The van der Waals surface area contributed by atoms with Crippen LogP contribution in [0.5, 0.6) is 0 Å². The van der Waals surface area contributed by atoms with E-state index in [1.807, 2.05) is 20.8 Å². The number of rotatable bonds is 6. The molecule has 1 aliphatic heterocycles. The quantitative estimate of drug-likeness (QED) is 0.334. The molecule has 226 valence electrons. The Morgan fingerprint density at radius 3 is 2.43 bits per heavy atom. The van der Waals surface area contributed by atoms with Gasteiger partial charge in [0.15, 0.2) is 0 Å². The number of benzene rings is 2. The van der Waals surface area contributed by atoms with Gasteiger partial charge >= 0.3 is 12.0 Å². The van der Waals surface area contributed by atoms with Crippen molar-refractivity contribution in [2.45, 2.75) is 64.3 Å². The predicted molar refractivity (Wildman–Crippen MR) is 158 cm³/mol. The minimum Gasteiger partial charge on any atom is -0.469 e. The first-order valence-electron chi connectivity index (χ1n) is 14.2. The number of carbonyl (C=O) groups is 2. The second kappa shape index (κ2) is 12.8. The summed E-state index contributed by atoms with van der Waals surface area (Å²) in [6.07, 6.45) is 3.31. The zero-order chi connectivity index (χ0) is 30.8. The van der Waals surface area contributed by atoms with Crippen LogP contribution in [0.25, 0.3) is 0 Å². The van der Waals surface area contributed by atoms with E-state index < -0.39 is 35.0 Å². The highest BCUT2D eigenvalue weighted by Gasteiger charge is 2.60. The third-order valence-corrected chi connectivity index (χ3v) is 9.21. The molecule has 10 heteroatoms. The Kier molecular flexibility index (Phi) is 9.74. The highest BCUT2D eigenvalue weighted by molar-refractivity contribution is 6.31. The van der Waals surface area contributed by atoms with E-state index >= 15 is 8.78 Å². The number of hydrogen-bond donors (Lipinski definition) is 1. The number of esters is 1. The maximum absolute atomic E-state index is 15.8. The van der Waals surface area contributed by atoms with Crippen LogP contribution in [0.4, 0.5) is 13.6 Å². The van der Waals surface area contributed by atoms with Crippen molar-refractivity contribution in [3.63, 3.8) is 0 Å². The minimum atomic E-state index is -1.64. The molecule has 2 fully saturated rings. The van der Waals surface area contributed by atoms with Gasteiger partial charge in [0.25, 0.3) is 0 Å². The Labute approximate surface area is 256 Å². The summed E-state index contributed by atoms with van der Waals surface area (Å²) in [5, 5.41) is 14.0. The molecule has 1 heterocycles. The number of nitriles is 1. The van der Waals surface area contributed by atoms with Crippen molar-refractivity contribution in [3.05, 3.63) is 69.2 Å². The van der Waals surface area contributed by atoms with Crippen LogP contribution in [0.15, 0.2) is 36.4 Å². The summed E-state index contributed by atoms with van der Waals surface area (Å²) in [4.78, 5) is 27.3. The monoisotopic (exact) mass is 619 g/mol. The van der Waals surface area contributed by atoms with Crippen molar-refractivity contribution in [1.29, 1.82) is 5.26 Å². The average Bonchev–Trinajstić information content (AvgIpc) is 3.25. The van der Waals surface area contributed by atoms with Crippen LogP contribution < -0.4 is 5.32 Å². The zero-order valence-corrected chi connectivity index (χ0v) is 25.9. The Morgan fingerprint density at radius 1 is 1.14 bits per heavy atom. The molecule has 2 aromatic rings. The summed E-state index contributed by atoms with van der Waals surface area (Å²) in [7, 11) is 1.38. The SMILES string of the molecule is COC(=O)[C@H]1CC[C@H](CNC(=O)N2C[C@@H](CC(C)(C)C)[C@](C#N)(c3ccc(Cl)cc3F)[C@H]2c2cccc(Cl)c2F)CC1. The molecule has 3 atom stereocenters. The second-order valence-electron chi connectivity index (χ2n) is 12.7. The molecule has 1 saturated carbocycles.